The third kappa shape index (κ3) is 3.26. The van der Waals surface area contributed by atoms with E-state index in [0.717, 1.165) is 26.2 Å². The molecule has 0 bridgehead atoms. The lowest BCUT2D eigenvalue weighted by atomic mass is 10.2. The molecule has 6 nitrogen and oxygen atoms in total. The second kappa shape index (κ2) is 5.90. The summed E-state index contributed by atoms with van der Waals surface area (Å²) in [5.74, 6) is 0. The first-order valence-electron chi connectivity index (χ1n) is 6.36. The number of hydrogen-bond acceptors (Lipinski definition) is 5. The van der Waals surface area contributed by atoms with Crippen LogP contribution in [0, 0.1) is 0 Å². The first-order chi connectivity index (χ1) is 8.99. The lowest BCUT2D eigenvalue weighted by Gasteiger charge is -2.36. The van der Waals surface area contributed by atoms with E-state index in [0.29, 0.717) is 12.2 Å². The number of aryl methyl sites for hydroxylation is 1. The van der Waals surface area contributed by atoms with Crippen molar-refractivity contribution in [2.75, 3.05) is 37.6 Å². The molecule has 106 valence electrons. The van der Waals surface area contributed by atoms with Crippen molar-refractivity contribution >= 4 is 17.3 Å². The molecule has 7 heteroatoms. The van der Waals surface area contributed by atoms with Crippen LogP contribution in [0.4, 0.5) is 5.69 Å². The number of nitrogens with zero attached hydrogens (tertiary/aromatic N) is 4. The van der Waals surface area contributed by atoms with Gasteiger partial charge < -0.3 is 10.0 Å². The summed E-state index contributed by atoms with van der Waals surface area (Å²) in [5.41, 5.74) is 0.423. The van der Waals surface area contributed by atoms with Gasteiger partial charge in [-0.15, -0.1) is 0 Å². The van der Waals surface area contributed by atoms with E-state index >= 15 is 0 Å². The van der Waals surface area contributed by atoms with E-state index in [1.165, 1.54) is 4.68 Å². The van der Waals surface area contributed by atoms with Gasteiger partial charge in [0.05, 0.1) is 18.0 Å². The van der Waals surface area contributed by atoms with E-state index in [9.17, 15) is 9.90 Å². The lowest BCUT2D eigenvalue weighted by molar-refractivity contribution is 0.122. The average Bonchev–Trinajstić information content (AvgIpc) is 2.37. The summed E-state index contributed by atoms with van der Waals surface area (Å²) >= 11 is 6.08. The highest BCUT2D eigenvalue weighted by atomic mass is 35.5. The predicted octanol–water partition coefficient (Wildman–Crippen LogP) is -0.0635. The maximum absolute atomic E-state index is 11.7. The number of rotatable bonds is 3. The molecule has 1 aromatic rings. The molecule has 1 aliphatic rings. The summed E-state index contributed by atoms with van der Waals surface area (Å²) in [6, 6.07) is 0. The molecule has 0 aliphatic carbocycles. The van der Waals surface area contributed by atoms with E-state index in [-0.39, 0.29) is 16.7 Å². The van der Waals surface area contributed by atoms with Gasteiger partial charge in [-0.1, -0.05) is 11.6 Å². The second-order valence-electron chi connectivity index (χ2n) is 4.91. The number of piperazine rings is 1. The maximum Gasteiger partial charge on any atom is 0.287 e. The molecule has 0 aromatic carbocycles. The highest BCUT2D eigenvalue weighted by Crippen LogP contribution is 2.22. The van der Waals surface area contributed by atoms with Crippen LogP contribution in [-0.4, -0.2) is 58.6 Å². The van der Waals surface area contributed by atoms with Crippen molar-refractivity contribution < 1.29 is 5.11 Å². The van der Waals surface area contributed by atoms with Gasteiger partial charge in [0, 0.05) is 39.8 Å². The van der Waals surface area contributed by atoms with E-state index in [1.807, 2.05) is 0 Å². The molecule has 1 atom stereocenters. The lowest BCUT2D eigenvalue weighted by Crippen LogP contribution is -2.48. The molecular formula is C12H19ClN4O2. The Hall–Kier alpha value is -1.11. The van der Waals surface area contributed by atoms with Crippen LogP contribution in [-0.2, 0) is 7.05 Å². The van der Waals surface area contributed by atoms with Gasteiger partial charge in [0.2, 0.25) is 0 Å². The molecule has 1 aliphatic heterocycles. The minimum absolute atomic E-state index is 0.224. The first kappa shape index (κ1) is 14.3. The SMILES string of the molecule is C[C@@H](O)CN1CCN(c2cnn(C)c(=O)c2Cl)CC1. The van der Waals surface area contributed by atoms with Crippen LogP contribution in [0.5, 0.6) is 0 Å². The van der Waals surface area contributed by atoms with Crippen LogP contribution >= 0.6 is 11.6 Å². The van der Waals surface area contributed by atoms with Gasteiger partial charge in [0.25, 0.3) is 5.56 Å². The van der Waals surface area contributed by atoms with Gasteiger partial charge in [-0.25, -0.2) is 4.68 Å². The first-order valence-corrected chi connectivity index (χ1v) is 6.74. The number of hydrogen-bond donors (Lipinski definition) is 1. The van der Waals surface area contributed by atoms with E-state index in [1.54, 1.807) is 20.2 Å². The van der Waals surface area contributed by atoms with E-state index < -0.39 is 0 Å². The average molecular weight is 287 g/mol. The van der Waals surface area contributed by atoms with Crippen LogP contribution in [0.3, 0.4) is 0 Å². The Morgan fingerprint density at radius 1 is 1.42 bits per heavy atom. The molecule has 1 N–H and O–H groups in total. The molecule has 0 saturated carbocycles. The summed E-state index contributed by atoms with van der Waals surface area (Å²) in [6.45, 7) is 5.71. The summed E-state index contributed by atoms with van der Waals surface area (Å²) in [5, 5.41) is 13.6. The zero-order chi connectivity index (χ0) is 14.0. The maximum atomic E-state index is 11.7. The van der Waals surface area contributed by atoms with Crippen LogP contribution in [0.15, 0.2) is 11.0 Å². The summed E-state index contributed by atoms with van der Waals surface area (Å²) < 4.78 is 1.23. The summed E-state index contributed by atoms with van der Waals surface area (Å²) in [6.07, 6.45) is 1.31. The van der Waals surface area contributed by atoms with Gasteiger partial charge >= 0.3 is 0 Å². The molecule has 2 rings (SSSR count). The summed E-state index contributed by atoms with van der Waals surface area (Å²) in [7, 11) is 1.58. The highest BCUT2D eigenvalue weighted by Gasteiger charge is 2.21. The fraction of sp³-hybridized carbons (Fsp3) is 0.667. The third-order valence-corrected chi connectivity index (χ3v) is 3.65. The Morgan fingerprint density at radius 2 is 2.05 bits per heavy atom. The molecule has 0 spiro atoms. The van der Waals surface area contributed by atoms with Gasteiger partial charge in [-0.2, -0.15) is 5.10 Å². The van der Waals surface area contributed by atoms with Crippen LogP contribution < -0.4 is 10.5 Å². The fourth-order valence-electron chi connectivity index (χ4n) is 2.27. The molecule has 1 fully saturated rings. The Balaban J connectivity index is 2.06. The molecule has 2 heterocycles. The van der Waals surface area contributed by atoms with Gasteiger partial charge in [-0.05, 0) is 6.92 Å². The molecule has 0 unspecified atom stereocenters. The van der Waals surface area contributed by atoms with Crippen molar-refractivity contribution in [1.29, 1.82) is 0 Å². The smallest absolute Gasteiger partial charge is 0.287 e. The minimum atomic E-state index is -0.319. The predicted molar refractivity (Wildman–Crippen MR) is 74.8 cm³/mol. The molecule has 1 aromatic heterocycles. The standard InChI is InChI=1S/C12H19ClN4O2/c1-9(18)8-16-3-5-17(6-4-16)10-7-14-15(2)12(19)11(10)13/h7,9,18H,3-6,8H2,1-2H3/t9-/m1/s1. The zero-order valence-corrected chi connectivity index (χ0v) is 12.0. The third-order valence-electron chi connectivity index (χ3n) is 3.30. The van der Waals surface area contributed by atoms with Crippen molar-refractivity contribution in [1.82, 2.24) is 14.7 Å². The Bertz CT molecular complexity index is 495. The van der Waals surface area contributed by atoms with E-state index in [4.69, 9.17) is 11.6 Å². The van der Waals surface area contributed by atoms with Crippen LogP contribution in [0.25, 0.3) is 0 Å². The number of aliphatic hydroxyl groups is 1. The number of β-amino-alcohol motifs (C(OH)–C–C–N with tert-alkyl or cyclic N) is 1. The number of halogens is 1. The second-order valence-corrected chi connectivity index (χ2v) is 5.29. The minimum Gasteiger partial charge on any atom is -0.392 e. The quantitative estimate of drug-likeness (QED) is 0.843. The molecule has 0 radical (unpaired) electrons. The molecule has 19 heavy (non-hydrogen) atoms. The van der Waals surface area contributed by atoms with Crippen LogP contribution in [0.1, 0.15) is 6.92 Å². The van der Waals surface area contributed by atoms with Crippen molar-refractivity contribution in [3.63, 3.8) is 0 Å². The van der Waals surface area contributed by atoms with Gasteiger partial charge in [0.15, 0.2) is 0 Å². The monoisotopic (exact) mass is 286 g/mol. The Kier molecular flexibility index (Phi) is 4.44. The normalized spacial score (nSPS) is 18.6. The Labute approximate surface area is 117 Å². The number of anilines is 1. The largest absolute Gasteiger partial charge is 0.392 e. The fourth-order valence-corrected chi connectivity index (χ4v) is 2.56. The van der Waals surface area contributed by atoms with Gasteiger partial charge in [0.1, 0.15) is 5.02 Å². The van der Waals surface area contributed by atoms with Crippen LogP contribution in [0.2, 0.25) is 5.02 Å². The number of aromatic nitrogens is 2. The zero-order valence-electron chi connectivity index (χ0n) is 11.2. The topological polar surface area (TPSA) is 61.6 Å². The van der Waals surface area contributed by atoms with Gasteiger partial charge in [-0.3, -0.25) is 9.69 Å². The molecular weight excluding hydrogens is 268 g/mol. The highest BCUT2D eigenvalue weighted by molar-refractivity contribution is 6.33. The van der Waals surface area contributed by atoms with E-state index in [2.05, 4.69) is 14.9 Å². The van der Waals surface area contributed by atoms with Crippen molar-refractivity contribution in [2.24, 2.45) is 7.05 Å². The van der Waals surface area contributed by atoms with Crippen molar-refractivity contribution in [3.05, 3.63) is 21.6 Å². The Morgan fingerprint density at radius 3 is 2.63 bits per heavy atom. The van der Waals surface area contributed by atoms with Crippen molar-refractivity contribution in [3.8, 4) is 0 Å². The molecule has 1 saturated heterocycles. The number of aliphatic hydroxyl groups excluding tert-OH is 1. The summed E-state index contributed by atoms with van der Waals surface area (Å²) in [4.78, 5) is 16.0. The molecule has 0 amide bonds. The van der Waals surface area contributed by atoms with Crippen molar-refractivity contribution in [2.45, 2.75) is 13.0 Å².